The summed E-state index contributed by atoms with van der Waals surface area (Å²) in [6.07, 6.45) is 3.13. The Bertz CT molecular complexity index is 810. The molecule has 1 saturated heterocycles. The molecule has 142 valence electrons. The van der Waals surface area contributed by atoms with E-state index in [1.165, 1.54) is 14.0 Å². The number of methoxy groups -OCH3 is 1. The Morgan fingerprint density at radius 1 is 1.22 bits per heavy atom. The number of carbonyl (C=O) groups excluding carboxylic acids is 2. The molecule has 3 rings (SSSR count). The summed E-state index contributed by atoms with van der Waals surface area (Å²) in [6, 6.07) is 8.79. The number of amides is 2. The number of aromatic nitrogens is 2. The third-order valence-electron chi connectivity index (χ3n) is 4.20. The first kappa shape index (κ1) is 18.6. The summed E-state index contributed by atoms with van der Waals surface area (Å²) >= 11 is 0. The van der Waals surface area contributed by atoms with Gasteiger partial charge < -0.3 is 19.7 Å². The molecule has 1 aliphatic heterocycles. The van der Waals surface area contributed by atoms with Crippen molar-refractivity contribution in [2.24, 2.45) is 0 Å². The molecular formula is C19H22N4O4. The molecular weight excluding hydrogens is 348 g/mol. The number of nitrogens with zero attached hydrogens (tertiary/aromatic N) is 3. The van der Waals surface area contributed by atoms with E-state index in [2.05, 4.69) is 15.3 Å². The number of nitrogens with one attached hydrogen (secondary N) is 1. The molecule has 0 saturated carbocycles. The van der Waals surface area contributed by atoms with E-state index in [-0.39, 0.29) is 23.9 Å². The van der Waals surface area contributed by atoms with Crippen LogP contribution in [0.4, 0.5) is 5.69 Å². The SMILES string of the molecule is COc1nccc(OC2CCCN(C(=O)c3ccc(NC(C)=O)cc3)C2)n1. The third kappa shape index (κ3) is 4.93. The van der Waals surface area contributed by atoms with Crippen LogP contribution in [0.5, 0.6) is 11.9 Å². The highest BCUT2D eigenvalue weighted by atomic mass is 16.5. The number of likely N-dealkylation sites (tertiary alicyclic amines) is 1. The molecule has 0 radical (unpaired) electrons. The highest BCUT2D eigenvalue weighted by molar-refractivity contribution is 5.95. The van der Waals surface area contributed by atoms with Gasteiger partial charge in [0.05, 0.1) is 13.7 Å². The van der Waals surface area contributed by atoms with Crippen LogP contribution in [-0.2, 0) is 4.79 Å². The lowest BCUT2D eigenvalue weighted by molar-refractivity contribution is -0.114. The number of anilines is 1. The summed E-state index contributed by atoms with van der Waals surface area (Å²) in [6.45, 7) is 2.61. The zero-order valence-corrected chi connectivity index (χ0v) is 15.3. The van der Waals surface area contributed by atoms with E-state index < -0.39 is 0 Å². The minimum atomic E-state index is -0.147. The minimum Gasteiger partial charge on any atom is -0.472 e. The van der Waals surface area contributed by atoms with Crippen LogP contribution in [0.25, 0.3) is 0 Å². The standard InChI is InChI=1S/C19H22N4O4/c1-13(24)21-15-7-5-14(6-8-15)18(25)23-11-3-4-16(12-23)27-17-9-10-20-19(22-17)26-2/h5-10,16H,3-4,11-12H2,1-2H3,(H,21,24). The Morgan fingerprint density at radius 2 is 2.00 bits per heavy atom. The molecule has 1 aromatic heterocycles. The molecule has 1 aromatic carbocycles. The third-order valence-corrected chi connectivity index (χ3v) is 4.20. The smallest absolute Gasteiger partial charge is 0.319 e. The number of carbonyl (C=O) groups is 2. The maximum Gasteiger partial charge on any atom is 0.319 e. The Hall–Kier alpha value is -3.16. The molecule has 0 bridgehead atoms. The van der Waals surface area contributed by atoms with E-state index in [9.17, 15) is 9.59 Å². The summed E-state index contributed by atoms with van der Waals surface area (Å²) in [7, 11) is 1.50. The minimum absolute atomic E-state index is 0.0575. The maximum absolute atomic E-state index is 12.8. The average Bonchev–Trinajstić information content (AvgIpc) is 2.68. The van der Waals surface area contributed by atoms with Crippen molar-refractivity contribution in [2.75, 3.05) is 25.5 Å². The molecule has 0 spiro atoms. The molecule has 1 N–H and O–H groups in total. The zero-order chi connectivity index (χ0) is 19.2. The van der Waals surface area contributed by atoms with Crippen LogP contribution in [0.1, 0.15) is 30.1 Å². The quantitative estimate of drug-likeness (QED) is 0.867. The van der Waals surface area contributed by atoms with Gasteiger partial charge in [-0.05, 0) is 37.1 Å². The summed E-state index contributed by atoms with van der Waals surface area (Å²) in [5, 5.41) is 2.69. The fraction of sp³-hybridized carbons (Fsp3) is 0.368. The van der Waals surface area contributed by atoms with Crippen LogP contribution in [0.3, 0.4) is 0 Å². The maximum atomic E-state index is 12.8. The van der Waals surface area contributed by atoms with Gasteiger partial charge in [0, 0.05) is 37.0 Å². The Kier molecular flexibility index (Phi) is 5.85. The molecule has 8 heteroatoms. The van der Waals surface area contributed by atoms with Gasteiger partial charge in [0.15, 0.2) is 0 Å². The second-order valence-electron chi connectivity index (χ2n) is 6.27. The van der Waals surface area contributed by atoms with Gasteiger partial charge in [0.25, 0.3) is 5.91 Å². The van der Waals surface area contributed by atoms with Crippen molar-refractivity contribution in [3.63, 3.8) is 0 Å². The molecule has 2 amide bonds. The first-order valence-electron chi connectivity index (χ1n) is 8.76. The highest BCUT2D eigenvalue weighted by Gasteiger charge is 2.26. The molecule has 1 fully saturated rings. The van der Waals surface area contributed by atoms with Crippen molar-refractivity contribution >= 4 is 17.5 Å². The molecule has 2 heterocycles. The van der Waals surface area contributed by atoms with Crippen LogP contribution in [0.15, 0.2) is 36.5 Å². The van der Waals surface area contributed by atoms with Crippen LogP contribution >= 0.6 is 0 Å². The molecule has 1 aliphatic rings. The summed E-state index contributed by atoms with van der Waals surface area (Å²) in [5.74, 6) is 0.227. The predicted octanol–water partition coefficient (Wildman–Crippen LogP) is 2.13. The normalized spacial score (nSPS) is 16.5. The van der Waals surface area contributed by atoms with E-state index >= 15 is 0 Å². The molecule has 8 nitrogen and oxygen atoms in total. The van der Waals surface area contributed by atoms with Crippen LogP contribution in [0, 0.1) is 0 Å². The Labute approximate surface area is 157 Å². The van der Waals surface area contributed by atoms with Gasteiger partial charge in [-0.25, -0.2) is 4.98 Å². The largest absolute Gasteiger partial charge is 0.472 e. The first-order valence-corrected chi connectivity index (χ1v) is 8.76. The van der Waals surface area contributed by atoms with Crippen molar-refractivity contribution in [2.45, 2.75) is 25.9 Å². The number of rotatable bonds is 5. The molecule has 2 aromatic rings. The summed E-state index contributed by atoms with van der Waals surface area (Å²) in [4.78, 5) is 33.7. The van der Waals surface area contributed by atoms with Gasteiger partial charge in [-0.2, -0.15) is 4.98 Å². The predicted molar refractivity (Wildman–Crippen MR) is 98.9 cm³/mol. The van der Waals surface area contributed by atoms with E-state index in [0.29, 0.717) is 30.2 Å². The van der Waals surface area contributed by atoms with Gasteiger partial charge in [0.1, 0.15) is 6.10 Å². The second kappa shape index (κ2) is 8.48. The fourth-order valence-corrected chi connectivity index (χ4v) is 2.96. The van der Waals surface area contributed by atoms with E-state index in [0.717, 1.165) is 12.8 Å². The number of hydrogen-bond acceptors (Lipinski definition) is 6. The lowest BCUT2D eigenvalue weighted by Crippen LogP contribution is -2.44. The Balaban J connectivity index is 1.62. The van der Waals surface area contributed by atoms with E-state index in [4.69, 9.17) is 9.47 Å². The second-order valence-corrected chi connectivity index (χ2v) is 6.27. The van der Waals surface area contributed by atoms with Crippen molar-refractivity contribution in [3.05, 3.63) is 42.1 Å². The zero-order valence-electron chi connectivity index (χ0n) is 15.3. The van der Waals surface area contributed by atoms with Crippen LogP contribution < -0.4 is 14.8 Å². The fourth-order valence-electron chi connectivity index (χ4n) is 2.96. The average molecular weight is 370 g/mol. The van der Waals surface area contributed by atoms with Gasteiger partial charge in [-0.1, -0.05) is 0 Å². The highest BCUT2D eigenvalue weighted by Crippen LogP contribution is 2.20. The number of ether oxygens (including phenoxy) is 2. The molecule has 0 aliphatic carbocycles. The van der Waals surface area contributed by atoms with Crippen molar-refractivity contribution in [1.29, 1.82) is 0 Å². The first-order chi connectivity index (χ1) is 13.0. The van der Waals surface area contributed by atoms with Gasteiger partial charge in [-0.3, -0.25) is 9.59 Å². The molecule has 27 heavy (non-hydrogen) atoms. The monoisotopic (exact) mass is 370 g/mol. The van der Waals surface area contributed by atoms with Crippen molar-refractivity contribution < 1.29 is 19.1 Å². The van der Waals surface area contributed by atoms with Crippen LogP contribution in [-0.4, -0.2) is 53.0 Å². The number of piperidine rings is 1. The van der Waals surface area contributed by atoms with Crippen LogP contribution in [0.2, 0.25) is 0 Å². The van der Waals surface area contributed by atoms with E-state index in [1.54, 1.807) is 41.4 Å². The summed E-state index contributed by atoms with van der Waals surface area (Å²) in [5.41, 5.74) is 1.24. The van der Waals surface area contributed by atoms with Gasteiger partial charge in [0.2, 0.25) is 11.8 Å². The van der Waals surface area contributed by atoms with Gasteiger partial charge >= 0.3 is 6.01 Å². The van der Waals surface area contributed by atoms with E-state index in [1.807, 2.05) is 0 Å². The van der Waals surface area contributed by atoms with Crippen molar-refractivity contribution in [1.82, 2.24) is 14.9 Å². The number of hydrogen-bond donors (Lipinski definition) is 1. The topological polar surface area (TPSA) is 93.7 Å². The lowest BCUT2D eigenvalue weighted by atomic mass is 10.1. The summed E-state index contributed by atoms with van der Waals surface area (Å²) < 4.78 is 10.9. The van der Waals surface area contributed by atoms with Crippen molar-refractivity contribution in [3.8, 4) is 11.9 Å². The van der Waals surface area contributed by atoms with Gasteiger partial charge in [-0.15, -0.1) is 0 Å². The molecule has 1 atom stereocenters. The lowest BCUT2D eigenvalue weighted by Gasteiger charge is -2.32. The number of benzene rings is 1. The molecule has 1 unspecified atom stereocenters. The Morgan fingerprint density at radius 3 is 2.70 bits per heavy atom.